The Hall–Kier alpha value is -1.94. The molecule has 1 atom stereocenters. The van der Waals surface area contributed by atoms with Crippen LogP contribution in [0.4, 0.5) is 0 Å². The minimum absolute atomic E-state index is 0.00881. The molecule has 1 unspecified atom stereocenters. The maximum Gasteiger partial charge on any atom is 0.235 e. The van der Waals surface area contributed by atoms with Gasteiger partial charge in [-0.25, -0.2) is 0 Å². The SMILES string of the molecule is Cc1cccc(CS(=O)CC(=O)N2CCc3ccccc3C2)c1. The lowest BCUT2D eigenvalue weighted by Crippen LogP contribution is -2.38. The normalized spacial score (nSPS) is 15.1. The molecular formula is C19H21NO2S. The molecule has 0 radical (unpaired) electrons. The smallest absolute Gasteiger partial charge is 0.235 e. The fourth-order valence-corrected chi connectivity index (χ4v) is 4.09. The third-order valence-electron chi connectivity index (χ3n) is 4.18. The van der Waals surface area contributed by atoms with Crippen molar-refractivity contribution in [2.45, 2.75) is 25.6 Å². The zero-order valence-electron chi connectivity index (χ0n) is 13.3. The molecular weight excluding hydrogens is 306 g/mol. The van der Waals surface area contributed by atoms with Crippen LogP contribution in [0.1, 0.15) is 22.3 Å². The van der Waals surface area contributed by atoms with Crippen molar-refractivity contribution in [3.63, 3.8) is 0 Å². The molecule has 3 rings (SSSR count). The van der Waals surface area contributed by atoms with Crippen LogP contribution in [0.15, 0.2) is 48.5 Å². The molecule has 2 aromatic rings. The summed E-state index contributed by atoms with van der Waals surface area (Å²) in [6, 6.07) is 16.2. The molecule has 0 bridgehead atoms. The number of carbonyl (C=O) groups excluding carboxylic acids is 1. The van der Waals surface area contributed by atoms with Gasteiger partial charge < -0.3 is 4.90 Å². The average molecular weight is 327 g/mol. The zero-order valence-corrected chi connectivity index (χ0v) is 14.1. The van der Waals surface area contributed by atoms with Gasteiger partial charge in [-0.15, -0.1) is 0 Å². The number of amides is 1. The fraction of sp³-hybridized carbons (Fsp3) is 0.316. The Morgan fingerprint density at radius 3 is 2.70 bits per heavy atom. The first-order chi connectivity index (χ1) is 11.1. The number of hydrogen-bond donors (Lipinski definition) is 0. The molecule has 0 saturated heterocycles. The van der Waals surface area contributed by atoms with Gasteiger partial charge in [0.1, 0.15) is 5.75 Å². The van der Waals surface area contributed by atoms with Gasteiger partial charge >= 0.3 is 0 Å². The van der Waals surface area contributed by atoms with E-state index in [2.05, 4.69) is 12.1 Å². The van der Waals surface area contributed by atoms with Crippen molar-refractivity contribution in [1.82, 2.24) is 4.90 Å². The Labute approximate surface area is 139 Å². The first kappa shape index (κ1) is 15.9. The fourth-order valence-electron chi connectivity index (χ4n) is 2.98. The number of fused-ring (bicyclic) bond motifs is 1. The summed E-state index contributed by atoms with van der Waals surface area (Å²) in [5.41, 5.74) is 4.70. The third-order valence-corrected chi connectivity index (χ3v) is 5.40. The van der Waals surface area contributed by atoms with E-state index in [4.69, 9.17) is 0 Å². The zero-order chi connectivity index (χ0) is 16.2. The molecule has 1 amide bonds. The van der Waals surface area contributed by atoms with Crippen molar-refractivity contribution >= 4 is 16.7 Å². The van der Waals surface area contributed by atoms with Crippen LogP contribution in [-0.2, 0) is 34.3 Å². The standard InChI is InChI=1S/C19H21NO2S/c1-15-5-4-6-16(11-15)13-23(22)14-19(21)20-10-9-17-7-2-3-8-18(17)12-20/h2-8,11H,9-10,12-14H2,1H3. The van der Waals surface area contributed by atoms with E-state index < -0.39 is 10.8 Å². The second-order valence-electron chi connectivity index (χ2n) is 6.05. The van der Waals surface area contributed by atoms with Crippen LogP contribution >= 0.6 is 0 Å². The number of carbonyl (C=O) groups is 1. The second kappa shape index (κ2) is 7.09. The first-order valence-electron chi connectivity index (χ1n) is 7.87. The lowest BCUT2D eigenvalue weighted by molar-refractivity contribution is -0.129. The summed E-state index contributed by atoms with van der Waals surface area (Å²) in [5, 5.41) is 0. The van der Waals surface area contributed by atoms with Crippen molar-refractivity contribution in [3.05, 3.63) is 70.8 Å². The van der Waals surface area contributed by atoms with E-state index in [0.717, 1.165) is 24.1 Å². The van der Waals surface area contributed by atoms with E-state index in [1.165, 1.54) is 11.1 Å². The van der Waals surface area contributed by atoms with Gasteiger partial charge in [-0.1, -0.05) is 54.1 Å². The molecule has 0 N–H and O–H groups in total. The highest BCUT2D eigenvalue weighted by Crippen LogP contribution is 2.18. The minimum atomic E-state index is -1.16. The van der Waals surface area contributed by atoms with Crippen molar-refractivity contribution in [3.8, 4) is 0 Å². The van der Waals surface area contributed by atoms with Crippen LogP contribution in [0.3, 0.4) is 0 Å². The Kier molecular flexibility index (Phi) is 4.91. The van der Waals surface area contributed by atoms with Crippen molar-refractivity contribution in [2.75, 3.05) is 12.3 Å². The number of nitrogens with zero attached hydrogens (tertiary/aromatic N) is 1. The van der Waals surface area contributed by atoms with Crippen LogP contribution in [0.25, 0.3) is 0 Å². The summed E-state index contributed by atoms with van der Waals surface area (Å²) in [6.45, 7) is 3.37. The van der Waals surface area contributed by atoms with E-state index in [1.54, 1.807) is 0 Å². The lowest BCUT2D eigenvalue weighted by Gasteiger charge is -2.28. The maximum absolute atomic E-state index is 12.4. The van der Waals surface area contributed by atoms with E-state index in [9.17, 15) is 9.00 Å². The molecule has 1 aliphatic rings. The van der Waals surface area contributed by atoms with Gasteiger partial charge in [0.25, 0.3) is 0 Å². The second-order valence-corrected chi connectivity index (χ2v) is 7.51. The predicted octanol–water partition coefficient (Wildman–Crippen LogP) is 2.83. The monoisotopic (exact) mass is 327 g/mol. The van der Waals surface area contributed by atoms with Gasteiger partial charge in [0.05, 0.1) is 0 Å². The summed E-state index contributed by atoms with van der Waals surface area (Å²) >= 11 is 0. The molecule has 0 fully saturated rings. The van der Waals surface area contributed by atoms with Crippen molar-refractivity contribution in [2.24, 2.45) is 0 Å². The Balaban J connectivity index is 1.58. The molecule has 2 aromatic carbocycles. The molecule has 1 heterocycles. The van der Waals surface area contributed by atoms with E-state index in [-0.39, 0.29) is 11.7 Å². The molecule has 3 nitrogen and oxygen atoms in total. The van der Waals surface area contributed by atoms with E-state index in [1.807, 2.05) is 48.2 Å². The number of rotatable bonds is 4. The van der Waals surface area contributed by atoms with E-state index >= 15 is 0 Å². The summed E-state index contributed by atoms with van der Waals surface area (Å²) in [5.74, 6) is 0.541. The summed E-state index contributed by atoms with van der Waals surface area (Å²) in [6.07, 6.45) is 0.881. The summed E-state index contributed by atoms with van der Waals surface area (Å²) < 4.78 is 12.3. The quantitative estimate of drug-likeness (QED) is 0.866. The topological polar surface area (TPSA) is 37.4 Å². The van der Waals surface area contributed by atoms with Gasteiger partial charge in [-0.2, -0.15) is 0 Å². The molecule has 1 aliphatic heterocycles. The molecule has 120 valence electrons. The first-order valence-corrected chi connectivity index (χ1v) is 9.36. The minimum Gasteiger partial charge on any atom is -0.337 e. The molecule has 23 heavy (non-hydrogen) atoms. The highest BCUT2D eigenvalue weighted by Gasteiger charge is 2.21. The summed E-state index contributed by atoms with van der Waals surface area (Å²) in [7, 11) is -1.16. The highest BCUT2D eigenvalue weighted by atomic mass is 32.2. The Bertz CT molecular complexity index is 742. The number of benzene rings is 2. The largest absolute Gasteiger partial charge is 0.337 e. The van der Waals surface area contributed by atoms with E-state index in [0.29, 0.717) is 12.3 Å². The van der Waals surface area contributed by atoms with Gasteiger partial charge in [-0.3, -0.25) is 9.00 Å². The van der Waals surface area contributed by atoms with Crippen molar-refractivity contribution in [1.29, 1.82) is 0 Å². The van der Waals surface area contributed by atoms with Crippen LogP contribution in [0, 0.1) is 6.92 Å². The average Bonchev–Trinajstić information content (AvgIpc) is 2.54. The molecule has 0 aromatic heterocycles. The van der Waals surface area contributed by atoms with Gasteiger partial charge in [0, 0.05) is 29.6 Å². The van der Waals surface area contributed by atoms with Gasteiger partial charge in [-0.05, 0) is 30.0 Å². The van der Waals surface area contributed by atoms with Crippen molar-refractivity contribution < 1.29 is 9.00 Å². The van der Waals surface area contributed by atoms with Crippen LogP contribution in [0.2, 0.25) is 0 Å². The van der Waals surface area contributed by atoms with Crippen LogP contribution < -0.4 is 0 Å². The highest BCUT2D eigenvalue weighted by molar-refractivity contribution is 7.84. The van der Waals surface area contributed by atoms with Crippen LogP contribution in [-0.4, -0.2) is 27.3 Å². The van der Waals surface area contributed by atoms with Gasteiger partial charge in [0.15, 0.2) is 0 Å². The number of aryl methyl sites for hydroxylation is 1. The Morgan fingerprint density at radius 1 is 1.13 bits per heavy atom. The number of hydrogen-bond acceptors (Lipinski definition) is 2. The lowest BCUT2D eigenvalue weighted by atomic mass is 10.00. The van der Waals surface area contributed by atoms with Crippen LogP contribution in [0.5, 0.6) is 0 Å². The molecule has 0 spiro atoms. The molecule has 4 heteroatoms. The summed E-state index contributed by atoms with van der Waals surface area (Å²) in [4.78, 5) is 14.2. The Morgan fingerprint density at radius 2 is 1.91 bits per heavy atom. The van der Waals surface area contributed by atoms with Gasteiger partial charge in [0.2, 0.25) is 5.91 Å². The molecule has 0 saturated carbocycles. The predicted molar refractivity (Wildman–Crippen MR) is 93.5 cm³/mol. The molecule has 0 aliphatic carbocycles. The maximum atomic E-state index is 12.4. The third kappa shape index (κ3) is 4.08.